The molecule has 3 aliphatic heterocycles. The van der Waals surface area contributed by atoms with E-state index in [0.29, 0.717) is 12.1 Å². The third-order valence-electron chi connectivity index (χ3n) is 8.12. The molecule has 3 aromatic rings. The van der Waals surface area contributed by atoms with Gasteiger partial charge < -0.3 is 4.90 Å². The minimum absolute atomic E-state index is 0.186. The van der Waals surface area contributed by atoms with Crippen LogP contribution in [0, 0.1) is 23.6 Å². The van der Waals surface area contributed by atoms with Gasteiger partial charge in [-0.05, 0) is 41.7 Å². The molecule has 1 spiro atoms. The maximum Gasteiger partial charge on any atom is 0.253 e. The van der Waals surface area contributed by atoms with E-state index in [0.717, 1.165) is 16.7 Å². The molecule has 4 atom stereocenters. The first-order chi connectivity index (χ1) is 18.3. The van der Waals surface area contributed by atoms with Crippen molar-refractivity contribution in [2.24, 2.45) is 17.8 Å². The molecule has 6 nitrogen and oxygen atoms in total. The number of likely N-dealkylation sites (tertiary alicyclic amines) is 1. The highest BCUT2D eigenvalue weighted by Gasteiger charge is 2.71. The molecular weight excluding hydrogens is 481 g/mol. The Morgan fingerprint density at radius 2 is 1.45 bits per heavy atom. The largest absolute Gasteiger partial charge is 0.306 e. The maximum absolute atomic E-state index is 14.5. The Labute approximate surface area is 221 Å². The van der Waals surface area contributed by atoms with Crippen molar-refractivity contribution in [2.45, 2.75) is 44.9 Å². The summed E-state index contributed by atoms with van der Waals surface area (Å²) in [5.41, 5.74) is 1.74. The van der Waals surface area contributed by atoms with Crippen LogP contribution >= 0.6 is 0 Å². The first-order valence-corrected chi connectivity index (χ1v) is 13.1. The van der Waals surface area contributed by atoms with Crippen molar-refractivity contribution in [2.75, 3.05) is 4.90 Å². The van der Waals surface area contributed by atoms with Gasteiger partial charge in [0.15, 0.2) is 0 Å². The van der Waals surface area contributed by atoms with Gasteiger partial charge in [0.25, 0.3) is 5.91 Å². The summed E-state index contributed by atoms with van der Waals surface area (Å²) in [5, 5.41) is 3.56. The zero-order valence-corrected chi connectivity index (χ0v) is 21.4. The van der Waals surface area contributed by atoms with Gasteiger partial charge in [-0.25, -0.2) is 4.39 Å². The fourth-order valence-electron chi connectivity index (χ4n) is 6.57. The van der Waals surface area contributed by atoms with E-state index < -0.39 is 17.4 Å². The SMILES string of the molecule is CC(C)C[C@@H]1N[C@]2(C(=O)N(Cc3ccc(F)cc3)c3ccccc32)[C@H]2C(=O)N(Cc3ccccc3)C(=O)[C@H]12. The van der Waals surface area contributed by atoms with Crippen molar-refractivity contribution in [3.05, 3.63) is 101 Å². The quantitative estimate of drug-likeness (QED) is 0.499. The number of amides is 3. The number of nitrogens with zero attached hydrogens (tertiary/aromatic N) is 2. The lowest BCUT2D eigenvalue weighted by atomic mass is 9.76. The summed E-state index contributed by atoms with van der Waals surface area (Å²) in [6.07, 6.45) is 0.661. The van der Waals surface area contributed by atoms with Crippen molar-refractivity contribution in [3.8, 4) is 0 Å². The van der Waals surface area contributed by atoms with E-state index in [4.69, 9.17) is 0 Å². The number of para-hydroxylation sites is 1. The fraction of sp³-hybridized carbons (Fsp3) is 0.323. The Bertz CT molecular complexity index is 1410. The lowest BCUT2D eigenvalue weighted by Crippen LogP contribution is -2.55. The second kappa shape index (κ2) is 9.17. The minimum Gasteiger partial charge on any atom is -0.306 e. The molecule has 2 fully saturated rings. The van der Waals surface area contributed by atoms with E-state index in [9.17, 15) is 18.8 Å². The molecule has 0 radical (unpaired) electrons. The molecule has 0 saturated carbocycles. The number of rotatable bonds is 6. The Morgan fingerprint density at radius 1 is 0.816 bits per heavy atom. The number of carbonyl (C=O) groups excluding carboxylic acids is 3. The Balaban J connectivity index is 1.44. The van der Waals surface area contributed by atoms with Crippen LogP contribution in [0.3, 0.4) is 0 Å². The number of benzene rings is 3. The summed E-state index contributed by atoms with van der Waals surface area (Å²) in [5.74, 6) is -2.33. The van der Waals surface area contributed by atoms with E-state index in [1.165, 1.54) is 17.0 Å². The number of hydrogen-bond acceptors (Lipinski definition) is 4. The normalized spacial score (nSPS) is 26.1. The molecular formula is C31H30FN3O3. The van der Waals surface area contributed by atoms with Crippen molar-refractivity contribution in [1.82, 2.24) is 10.2 Å². The molecule has 3 heterocycles. The van der Waals surface area contributed by atoms with Crippen LogP contribution in [0.25, 0.3) is 0 Å². The van der Waals surface area contributed by atoms with Crippen molar-refractivity contribution in [3.63, 3.8) is 0 Å². The van der Waals surface area contributed by atoms with E-state index in [-0.39, 0.29) is 48.6 Å². The molecule has 0 bridgehead atoms. The maximum atomic E-state index is 14.5. The third kappa shape index (κ3) is 3.68. The average molecular weight is 512 g/mol. The highest BCUT2D eigenvalue weighted by atomic mass is 19.1. The molecule has 3 aliphatic rings. The van der Waals surface area contributed by atoms with E-state index in [1.54, 1.807) is 17.0 Å². The van der Waals surface area contributed by atoms with Crippen LogP contribution in [0.4, 0.5) is 10.1 Å². The second-order valence-corrected chi connectivity index (χ2v) is 11.0. The Kier molecular flexibility index (Phi) is 5.91. The smallest absolute Gasteiger partial charge is 0.253 e. The number of anilines is 1. The molecule has 3 aromatic carbocycles. The zero-order chi connectivity index (χ0) is 26.6. The molecule has 0 unspecified atom stereocenters. The highest BCUT2D eigenvalue weighted by Crippen LogP contribution is 2.55. The predicted molar refractivity (Wildman–Crippen MR) is 141 cm³/mol. The van der Waals surface area contributed by atoms with Gasteiger partial charge in [0.05, 0.1) is 24.9 Å². The monoisotopic (exact) mass is 511 g/mol. The summed E-state index contributed by atoms with van der Waals surface area (Å²) in [6.45, 7) is 4.58. The van der Waals surface area contributed by atoms with Gasteiger partial charge in [0.2, 0.25) is 11.8 Å². The van der Waals surface area contributed by atoms with Gasteiger partial charge in [0.1, 0.15) is 11.4 Å². The Morgan fingerprint density at radius 3 is 2.16 bits per heavy atom. The highest BCUT2D eigenvalue weighted by molar-refractivity contribution is 6.16. The number of hydrogen-bond donors (Lipinski definition) is 1. The zero-order valence-electron chi connectivity index (χ0n) is 21.4. The standard InChI is InChI=1S/C31H30FN3O3/c1-19(2)16-24-26-27(29(37)35(28(26)36)18-20-8-4-3-5-9-20)31(33-24)23-10-6-7-11-25(23)34(30(31)38)17-21-12-14-22(32)15-13-21/h3-15,19,24,26-27,33H,16-18H2,1-2H3/t24-,26+,27+,31-/m0/s1. The van der Waals surface area contributed by atoms with Crippen molar-refractivity contribution < 1.29 is 18.8 Å². The number of carbonyl (C=O) groups is 3. The molecule has 3 amide bonds. The number of fused-ring (bicyclic) bond motifs is 4. The predicted octanol–water partition coefficient (Wildman–Crippen LogP) is 4.39. The average Bonchev–Trinajstić information content (AvgIpc) is 3.45. The van der Waals surface area contributed by atoms with Crippen LogP contribution in [0.15, 0.2) is 78.9 Å². The van der Waals surface area contributed by atoms with Gasteiger partial charge in [-0.3, -0.25) is 24.6 Å². The number of halogens is 1. The van der Waals surface area contributed by atoms with Gasteiger partial charge in [-0.15, -0.1) is 0 Å². The number of nitrogens with one attached hydrogen (secondary N) is 1. The molecule has 194 valence electrons. The molecule has 7 heteroatoms. The van der Waals surface area contributed by atoms with Crippen LogP contribution in [-0.2, 0) is 33.0 Å². The third-order valence-corrected chi connectivity index (χ3v) is 8.12. The summed E-state index contributed by atoms with van der Waals surface area (Å²) in [4.78, 5) is 45.4. The van der Waals surface area contributed by atoms with Gasteiger partial charge in [-0.2, -0.15) is 0 Å². The minimum atomic E-state index is -1.33. The van der Waals surface area contributed by atoms with Crippen LogP contribution < -0.4 is 10.2 Å². The summed E-state index contributed by atoms with van der Waals surface area (Å²) >= 11 is 0. The van der Waals surface area contributed by atoms with Crippen LogP contribution in [0.2, 0.25) is 0 Å². The van der Waals surface area contributed by atoms with E-state index in [2.05, 4.69) is 19.2 Å². The Hall–Kier alpha value is -3.84. The number of imide groups is 1. The summed E-state index contributed by atoms with van der Waals surface area (Å²) < 4.78 is 13.6. The topological polar surface area (TPSA) is 69.7 Å². The van der Waals surface area contributed by atoms with Gasteiger partial charge in [-0.1, -0.05) is 74.5 Å². The van der Waals surface area contributed by atoms with E-state index in [1.807, 2.05) is 54.6 Å². The van der Waals surface area contributed by atoms with Gasteiger partial charge >= 0.3 is 0 Å². The van der Waals surface area contributed by atoms with Gasteiger partial charge in [0, 0.05) is 17.3 Å². The van der Waals surface area contributed by atoms with E-state index >= 15 is 0 Å². The molecule has 0 aliphatic carbocycles. The molecule has 6 rings (SSSR count). The van der Waals surface area contributed by atoms with Crippen LogP contribution in [0.5, 0.6) is 0 Å². The van der Waals surface area contributed by atoms with Crippen LogP contribution in [-0.4, -0.2) is 28.7 Å². The molecule has 1 N–H and O–H groups in total. The lowest BCUT2D eigenvalue weighted by Gasteiger charge is -2.31. The lowest BCUT2D eigenvalue weighted by molar-refractivity contribution is -0.143. The van der Waals surface area contributed by atoms with Crippen molar-refractivity contribution in [1.29, 1.82) is 0 Å². The fourth-order valence-corrected chi connectivity index (χ4v) is 6.57. The molecule has 0 aromatic heterocycles. The summed E-state index contributed by atoms with van der Waals surface area (Å²) in [6, 6.07) is 22.7. The molecule has 2 saturated heterocycles. The first kappa shape index (κ1) is 24.5. The van der Waals surface area contributed by atoms with Crippen molar-refractivity contribution >= 4 is 23.4 Å². The first-order valence-electron chi connectivity index (χ1n) is 13.1. The second-order valence-electron chi connectivity index (χ2n) is 11.0. The summed E-state index contributed by atoms with van der Waals surface area (Å²) in [7, 11) is 0. The van der Waals surface area contributed by atoms with Crippen LogP contribution in [0.1, 0.15) is 37.0 Å². The molecule has 38 heavy (non-hydrogen) atoms.